The third kappa shape index (κ3) is 3.94. The minimum absolute atomic E-state index is 0.0769. The summed E-state index contributed by atoms with van der Waals surface area (Å²) >= 11 is 0. The van der Waals surface area contributed by atoms with Crippen molar-refractivity contribution in [1.29, 1.82) is 0 Å². The van der Waals surface area contributed by atoms with Gasteiger partial charge in [0.2, 0.25) is 0 Å². The molecule has 0 aromatic heterocycles. The van der Waals surface area contributed by atoms with Crippen molar-refractivity contribution in [2.24, 2.45) is 0 Å². The van der Waals surface area contributed by atoms with Gasteiger partial charge in [-0.05, 0) is 41.0 Å². The summed E-state index contributed by atoms with van der Waals surface area (Å²) < 4.78 is 5.82. The Morgan fingerprint density at radius 1 is 0.846 bits per heavy atom. The highest BCUT2D eigenvalue weighted by atomic mass is 16.5. The monoisotopic (exact) mass is 346 g/mol. The summed E-state index contributed by atoms with van der Waals surface area (Å²) in [6.45, 7) is 4.83. The number of rotatable bonds is 6. The minimum atomic E-state index is -0.922. The van der Waals surface area contributed by atoms with Crippen LogP contribution in [0.4, 0.5) is 0 Å². The van der Waals surface area contributed by atoms with Crippen LogP contribution < -0.4 is 4.74 Å². The van der Waals surface area contributed by atoms with Crippen molar-refractivity contribution >= 4 is 5.97 Å². The Morgan fingerprint density at radius 2 is 1.42 bits per heavy atom. The fourth-order valence-electron chi connectivity index (χ4n) is 2.90. The first-order valence-corrected chi connectivity index (χ1v) is 8.58. The van der Waals surface area contributed by atoms with E-state index in [0.29, 0.717) is 6.61 Å². The zero-order valence-corrected chi connectivity index (χ0v) is 15.0. The van der Waals surface area contributed by atoms with Crippen molar-refractivity contribution in [3.8, 4) is 5.75 Å². The molecule has 0 aliphatic rings. The van der Waals surface area contributed by atoms with Gasteiger partial charge < -0.3 is 9.84 Å². The van der Waals surface area contributed by atoms with Gasteiger partial charge in [0.15, 0.2) is 0 Å². The van der Waals surface area contributed by atoms with E-state index in [1.165, 1.54) is 11.1 Å². The van der Waals surface area contributed by atoms with Crippen LogP contribution in [0.25, 0.3) is 0 Å². The number of carbonyl (C=O) groups is 1. The Bertz CT molecular complexity index is 864. The van der Waals surface area contributed by atoms with E-state index in [1.807, 2.05) is 18.2 Å². The molecule has 0 amide bonds. The lowest BCUT2D eigenvalue weighted by Crippen LogP contribution is -2.18. The van der Waals surface area contributed by atoms with Gasteiger partial charge in [0.25, 0.3) is 0 Å². The molecule has 132 valence electrons. The Hall–Kier alpha value is -3.07. The number of aromatic carboxylic acids is 1. The molecule has 0 aliphatic heterocycles. The van der Waals surface area contributed by atoms with Crippen LogP contribution in [-0.2, 0) is 12.0 Å². The first kappa shape index (κ1) is 17.7. The average Bonchev–Trinajstić information content (AvgIpc) is 2.67. The topological polar surface area (TPSA) is 46.5 Å². The molecule has 3 rings (SSSR count). The highest BCUT2D eigenvalue weighted by Gasteiger charge is 2.22. The molecular weight excluding hydrogens is 324 g/mol. The van der Waals surface area contributed by atoms with E-state index in [1.54, 1.807) is 24.3 Å². The molecule has 3 aromatic carbocycles. The van der Waals surface area contributed by atoms with Crippen molar-refractivity contribution in [3.05, 3.63) is 101 Å². The zero-order valence-electron chi connectivity index (χ0n) is 15.0. The summed E-state index contributed by atoms with van der Waals surface area (Å²) in [7, 11) is 0. The summed E-state index contributed by atoms with van der Waals surface area (Å²) in [4.78, 5) is 10.9. The molecule has 0 bridgehead atoms. The van der Waals surface area contributed by atoms with E-state index >= 15 is 0 Å². The first-order chi connectivity index (χ1) is 12.5. The third-order valence-corrected chi connectivity index (χ3v) is 4.68. The molecule has 3 heteroatoms. The van der Waals surface area contributed by atoms with E-state index in [4.69, 9.17) is 9.84 Å². The normalized spacial score (nSPS) is 11.2. The van der Waals surface area contributed by atoms with Crippen LogP contribution in [0.1, 0.15) is 40.9 Å². The molecule has 1 N–H and O–H groups in total. The molecule has 0 fully saturated rings. The largest absolute Gasteiger partial charge is 0.489 e. The fourth-order valence-corrected chi connectivity index (χ4v) is 2.90. The zero-order chi connectivity index (χ0) is 18.6. The minimum Gasteiger partial charge on any atom is -0.489 e. The van der Waals surface area contributed by atoms with Crippen LogP contribution in [0.15, 0.2) is 78.9 Å². The van der Waals surface area contributed by atoms with Crippen molar-refractivity contribution in [1.82, 2.24) is 0 Å². The lowest BCUT2D eigenvalue weighted by atomic mass is 9.78. The van der Waals surface area contributed by atoms with Gasteiger partial charge in [-0.1, -0.05) is 68.4 Å². The van der Waals surface area contributed by atoms with Crippen LogP contribution in [0, 0.1) is 0 Å². The van der Waals surface area contributed by atoms with Crippen LogP contribution in [-0.4, -0.2) is 11.1 Å². The second-order valence-corrected chi connectivity index (χ2v) is 6.81. The molecule has 0 aliphatic carbocycles. The van der Waals surface area contributed by atoms with E-state index in [2.05, 4.69) is 50.2 Å². The van der Waals surface area contributed by atoms with Crippen LogP contribution >= 0.6 is 0 Å². The first-order valence-electron chi connectivity index (χ1n) is 8.58. The number of hydrogen-bond acceptors (Lipinski definition) is 2. The van der Waals surface area contributed by atoms with Gasteiger partial charge in [0.1, 0.15) is 12.4 Å². The Morgan fingerprint density at radius 3 is 2.00 bits per heavy atom. The molecule has 0 saturated heterocycles. The maximum atomic E-state index is 10.9. The molecule has 3 aromatic rings. The Labute approximate surface area is 153 Å². The molecule has 0 radical (unpaired) electrons. The van der Waals surface area contributed by atoms with Gasteiger partial charge in [-0.2, -0.15) is 0 Å². The quantitative estimate of drug-likeness (QED) is 0.660. The number of carboxylic acids is 1. The predicted molar refractivity (Wildman–Crippen MR) is 103 cm³/mol. The van der Waals surface area contributed by atoms with E-state index < -0.39 is 5.97 Å². The highest BCUT2D eigenvalue weighted by Crippen LogP contribution is 2.32. The molecule has 0 spiro atoms. The predicted octanol–water partition coefficient (Wildman–Crippen LogP) is 5.29. The molecule has 26 heavy (non-hydrogen) atoms. The molecule has 0 saturated carbocycles. The van der Waals surface area contributed by atoms with Gasteiger partial charge in [-0.15, -0.1) is 0 Å². The van der Waals surface area contributed by atoms with Crippen LogP contribution in [0.5, 0.6) is 5.75 Å². The maximum absolute atomic E-state index is 10.9. The standard InChI is InChI=1S/C23H22O3/c1-23(2,19-6-4-3-5-7-19)20-12-14-21(15-13-20)26-16-17-8-10-18(11-9-17)22(24)25/h3-15H,16H2,1-2H3,(H,24,25). The lowest BCUT2D eigenvalue weighted by Gasteiger charge is -2.26. The van der Waals surface area contributed by atoms with Crippen LogP contribution in [0.2, 0.25) is 0 Å². The number of ether oxygens (including phenoxy) is 1. The van der Waals surface area contributed by atoms with Crippen molar-refractivity contribution in [2.45, 2.75) is 25.9 Å². The third-order valence-electron chi connectivity index (χ3n) is 4.68. The van der Waals surface area contributed by atoms with E-state index in [0.717, 1.165) is 11.3 Å². The van der Waals surface area contributed by atoms with E-state index in [-0.39, 0.29) is 11.0 Å². The van der Waals surface area contributed by atoms with Crippen molar-refractivity contribution in [3.63, 3.8) is 0 Å². The molecule has 3 nitrogen and oxygen atoms in total. The van der Waals surface area contributed by atoms with Crippen molar-refractivity contribution < 1.29 is 14.6 Å². The van der Waals surface area contributed by atoms with Crippen molar-refractivity contribution in [2.75, 3.05) is 0 Å². The fraction of sp³-hybridized carbons (Fsp3) is 0.174. The summed E-state index contributed by atoms with van der Waals surface area (Å²) in [6, 6.07) is 25.3. The smallest absolute Gasteiger partial charge is 0.335 e. The van der Waals surface area contributed by atoms with Gasteiger partial charge >= 0.3 is 5.97 Å². The molecule has 0 atom stereocenters. The van der Waals surface area contributed by atoms with Gasteiger partial charge in [-0.3, -0.25) is 0 Å². The summed E-state index contributed by atoms with van der Waals surface area (Å²) in [5, 5.41) is 8.93. The number of carboxylic acid groups (broad SMARTS) is 1. The second-order valence-electron chi connectivity index (χ2n) is 6.81. The Kier molecular flexibility index (Phi) is 5.08. The molecule has 0 unspecified atom stereocenters. The SMILES string of the molecule is CC(C)(c1ccccc1)c1ccc(OCc2ccc(C(=O)O)cc2)cc1. The number of hydrogen-bond donors (Lipinski definition) is 1. The average molecular weight is 346 g/mol. The summed E-state index contributed by atoms with van der Waals surface area (Å²) in [6.07, 6.45) is 0. The summed E-state index contributed by atoms with van der Waals surface area (Å²) in [5.74, 6) is -0.131. The van der Waals surface area contributed by atoms with Crippen LogP contribution in [0.3, 0.4) is 0 Å². The summed E-state index contributed by atoms with van der Waals surface area (Å²) in [5.41, 5.74) is 3.63. The van der Waals surface area contributed by atoms with Gasteiger partial charge in [0.05, 0.1) is 5.56 Å². The Balaban J connectivity index is 1.67. The lowest BCUT2D eigenvalue weighted by molar-refractivity contribution is 0.0697. The second kappa shape index (κ2) is 7.44. The highest BCUT2D eigenvalue weighted by molar-refractivity contribution is 5.87. The van der Waals surface area contributed by atoms with E-state index in [9.17, 15) is 4.79 Å². The number of benzene rings is 3. The maximum Gasteiger partial charge on any atom is 0.335 e. The molecular formula is C23H22O3. The van der Waals surface area contributed by atoms with Gasteiger partial charge in [-0.25, -0.2) is 4.79 Å². The molecule has 0 heterocycles. The van der Waals surface area contributed by atoms with Gasteiger partial charge in [0, 0.05) is 5.41 Å².